The van der Waals surface area contributed by atoms with E-state index in [1.165, 1.54) is 64.5 Å². The highest BCUT2D eigenvalue weighted by Gasteiger charge is 2.38. The summed E-state index contributed by atoms with van der Waals surface area (Å²) >= 11 is 0. The smallest absolute Gasteiger partial charge is 0.222 e. The van der Waals surface area contributed by atoms with Crippen LogP contribution in [0.1, 0.15) is 57.8 Å². The summed E-state index contributed by atoms with van der Waals surface area (Å²) < 4.78 is 0. The van der Waals surface area contributed by atoms with Crippen molar-refractivity contribution in [3.05, 3.63) is 0 Å². The quantitative estimate of drug-likeness (QED) is 0.831. The van der Waals surface area contributed by atoms with E-state index in [1.807, 2.05) is 0 Å². The molecule has 2 aliphatic heterocycles. The standard InChI is InChI=1S/C16H28N2O/c19-15(12-14-4-2-1-3-5-14)18-10-7-16(8-11-18)6-9-17-13-16/h14,17H,1-13H2. The molecule has 0 unspecified atom stereocenters. The molecular formula is C16H28N2O. The van der Waals surface area contributed by atoms with Crippen LogP contribution in [0, 0.1) is 11.3 Å². The van der Waals surface area contributed by atoms with E-state index >= 15 is 0 Å². The number of hydrogen-bond donors (Lipinski definition) is 1. The third-order valence-electron chi connectivity index (χ3n) is 5.70. The van der Waals surface area contributed by atoms with Gasteiger partial charge in [-0.25, -0.2) is 0 Å². The zero-order valence-corrected chi connectivity index (χ0v) is 12.1. The van der Waals surface area contributed by atoms with Crippen LogP contribution in [0.15, 0.2) is 0 Å². The molecule has 0 aromatic rings. The molecule has 0 atom stereocenters. The Morgan fingerprint density at radius 3 is 2.47 bits per heavy atom. The van der Waals surface area contributed by atoms with E-state index in [0.717, 1.165) is 19.5 Å². The van der Waals surface area contributed by atoms with Crippen LogP contribution in [0.2, 0.25) is 0 Å². The molecule has 1 aliphatic carbocycles. The number of nitrogens with one attached hydrogen (secondary N) is 1. The van der Waals surface area contributed by atoms with E-state index in [1.54, 1.807) is 0 Å². The first-order valence-corrected chi connectivity index (χ1v) is 8.26. The lowest BCUT2D eigenvalue weighted by atomic mass is 9.77. The molecule has 3 aliphatic rings. The summed E-state index contributed by atoms with van der Waals surface area (Å²) in [6, 6.07) is 0. The van der Waals surface area contributed by atoms with Crippen molar-refractivity contribution >= 4 is 5.91 Å². The SMILES string of the molecule is O=C(CC1CCCCC1)N1CCC2(CCNC2)CC1. The van der Waals surface area contributed by atoms with Crippen molar-refractivity contribution in [2.45, 2.75) is 57.8 Å². The Balaban J connectivity index is 1.46. The fraction of sp³-hybridized carbons (Fsp3) is 0.938. The minimum absolute atomic E-state index is 0.438. The Hall–Kier alpha value is -0.570. The van der Waals surface area contributed by atoms with Gasteiger partial charge >= 0.3 is 0 Å². The molecule has 3 heteroatoms. The molecule has 3 nitrogen and oxygen atoms in total. The van der Waals surface area contributed by atoms with E-state index < -0.39 is 0 Å². The summed E-state index contributed by atoms with van der Waals surface area (Å²) in [6.45, 7) is 4.37. The molecule has 108 valence electrons. The van der Waals surface area contributed by atoms with Crippen molar-refractivity contribution < 1.29 is 4.79 Å². The van der Waals surface area contributed by atoms with Crippen LogP contribution in [0.25, 0.3) is 0 Å². The number of rotatable bonds is 2. The molecule has 1 N–H and O–H groups in total. The maximum absolute atomic E-state index is 12.4. The Morgan fingerprint density at radius 2 is 1.84 bits per heavy atom. The van der Waals surface area contributed by atoms with Crippen LogP contribution in [0.3, 0.4) is 0 Å². The maximum Gasteiger partial charge on any atom is 0.222 e. The fourth-order valence-corrected chi connectivity index (χ4v) is 4.22. The lowest BCUT2D eigenvalue weighted by Gasteiger charge is -2.39. The minimum Gasteiger partial charge on any atom is -0.343 e. The lowest BCUT2D eigenvalue weighted by Crippen LogP contribution is -2.44. The topological polar surface area (TPSA) is 32.3 Å². The van der Waals surface area contributed by atoms with Crippen LogP contribution in [0.4, 0.5) is 0 Å². The third-order valence-corrected chi connectivity index (χ3v) is 5.70. The first-order chi connectivity index (χ1) is 9.27. The van der Waals surface area contributed by atoms with Crippen molar-refractivity contribution in [2.75, 3.05) is 26.2 Å². The van der Waals surface area contributed by atoms with Gasteiger partial charge in [-0.3, -0.25) is 4.79 Å². The van der Waals surface area contributed by atoms with Crippen LogP contribution in [-0.4, -0.2) is 37.0 Å². The number of hydrogen-bond acceptors (Lipinski definition) is 2. The minimum atomic E-state index is 0.438. The predicted octanol–water partition coefficient (Wildman–Crippen LogP) is 2.56. The third kappa shape index (κ3) is 3.13. The second-order valence-corrected chi connectivity index (χ2v) is 7.02. The molecule has 1 spiro atoms. The molecule has 19 heavy (non-hydrogen) atoms. The summed E-state index contributed by atoms with van der Waals surface area (Å²) in [5.74, 6) is 1.12. The highest BCUT2D eigenvalue weighted by molar-refractivity contribution is 5.76. The van der Waals surface area contributed by atoms with Gasteiger partial charge in [0, 0.05) is 26.1 Å². The summed E-state index contributed by atoms with van der Waals surface area (Å²) in [4.78, 5) is 14.5. The summed E-state index contributed by atoms with van der Waals surface area (Å²) in [5.41, 5.74) is 0.529. The van der Waals surface area contributed by atoms with Gasteiger partial charge in [-0.1, -0.05) is 19.3 Å². The van der Waals surface area contributed by atoms with Crippen LogP contribution in [0.5, 0.6) is 0 Å². The molecule has 0 aromatic carbocycles. The second kappa shape index (κ2) is 5.82. The maximum atomic E-state index is 12.4. The summed E-state index contributed by atoms with van der Waals surface area (Å²) in [6.07, 6.45) is 11.2. The van der Waals surface area contributed by atoms with Crippen LogP contribution in [-0.2, 0) is 4.79 Å². The van der Waals surface area contributed by atoms with E-state index in [-0.39, 0.29) is 0 Å². The highest BCUT2D eigenvalue weighted by Crippen LogP contribution is 2.37. The van der Waals surface area contributed by atoms with E-state index in [4.69, 9.17) is 0 Å². The van der Waals surface area contributed by atoms with Crippen molar-refractivity contribution in [2.24, 2.45) is 11.3 Å². The zero-order chi connectivity index (χ0) is 13.1. The van der Waals surface area contributed by atoms with Gasteiger partial charge in [0.05, 0.1) is 0 Å². The first-order valence-electron chi connectivity index (χ1n) is 8.26. The van der Waals surface area contributed by atoms with Crippen LogP contribution < -0.4 is 5.32 Å². The van der Waals surface area contributed by atoms with E-state index in [9.17, 15) is 4.79 Å². The van der Waals surface area contributed by atoms with Gasteiger partial charge in [0.15, 0.2) is 0 Å². The average molecular weight is 264 g/mol. The molecule has 1 saturated carbocycles. The molecule has 3 fully saturated rings. The molecule has 2 heterocycles. The first kappa shape index (κ1) is 13.4. The number of carbonyl (C=O) groups excluding carboxylic acids is 1. The molecule has 0 radical (unpaired) electrons. The summed E-state index contributed by atoms with van der Waals surface area (Å²) in [5, 5.41) is 3.49. The average Bonchev–Trinajstić information content (AvgIpc) is 2.89. The van der Waals surface area contributed by atoms with Crippen molar-refractivity contribution in [3.8, 4) is 0 Å². The molecule has 3 rings (SSSR count). The Labute approximate surface area is 117 Å². The van der Waals surface area contributed by atoms with Gasteiger partial charge in [-0.15, -0.1) is 0 Å². The molecule has 0 aromatic heterocycles. The highest BCUT2D eigenvalue weighted by atomic mass is 16.2. The zero-order valence-electron chi connectivity index (χ0n) is 12.1. The summed E-state index contributed by atoms with van der Waals surface area (Å²) in [7, 11) is 0. The van der Waals surface area contributed by atoms with Crippen molar-refractivity contribution in [1.82, 2.24) is 10.2 Å². The largest absolute Gasteiger partial charge is 0.343 e. The number of carbonyl (C=O) groups is 1. The van der Waals surface area contributed by atoms with Gasteiger partial charge in [0.25, 0.3) is 0 Å². The van der Waals surface area contributed by atoms with E-state index in [0.29, 0.717) is 17.2 Å². The number of amides is 1. The van der Waals surface area contributed by atoms with Gasteiger partial charge in [-0.05, 0) is 50.0 Å². The Bertz CT molecular complexity index is 307. The van der Waals surface area contributed by atoms with Gasteiger partial charge in [0.2, 0.25) is 5.91 Å². The Kier molecular flexibility index (Phi) is 4.11. The normalized spacial score (nSPS) is 27.9. The van der Waals surface area contributed by atoms with Gasteiger partial charge < -0.3 is 10.2 Å². The molecule has 1 amide bonds. The van der Waals surface area contributed by atoms with E-state index in [2.05, 4.69) is 10.2 Å². The molecule has 0 bridgehead atoms. The molecular weight excluding hydrogens is 236 g/mol. The Morgan fingerprint density at radius 1 is 1.11 bits per heavy atom. The van der Waals surface area contributed by atoms with Gasteiger partial charge in [-0.2, -0.15) is 0 Å². The van der Waals surface area contributed by atoms with Crippen LogP contribution >= 0.6 is 0 Å². The predicted molar refractivity (Wildman–Crippen MR) is 76.9 cm³/mol. The number of likely N-dealkylation sites (tertiary alicyclic amines) is 1. The lowest BCUT2D eigenvalue weighted by molar-refractivity contribution is -0.134. The monoisotopic (exact) mass is 264 g/mol. The van der Waals surface area contributed by atoms with Gasteiger partial charge in [0.1, 0.15) is 0 Å². The number of nitrogens with zero attached hydrogens (tertiary/aromatic N) is 1. The number of piperidine rings is 1. The second-order valence-electron chi connectivity index (χ2n) is 7.02. The fourth-order valence-electron chi connectivity index (χ4n) is 4.22. The molecule has 2 saturated heterocycles. The van der Waals surface area contributed by atoms with Crippen molar-refractivity contribution in [3.63, 3.8) is 0 Å². The van der Waals surface area contributed by atoms with Crippen molar-refractivity contribution in [1.29, 1.82) is 0 Å².